The molecule has 0 aliphatic carbocycles. The zero-order chi connectivity index (χ0) is 15.4. The molecule has 0 aliphatic heterocycles. The molecule has 0 saturated carbocycles. The van der Waals surface area contributed by atoms with E-state index in [1.807, 2.05) is 6.92 Å². The van der Waals surface area contributed by atoms with Crippen molar-refractivity contribution >= 4 is 56.5 Å². The molecule has 0 atom stereocenters. The van der Waals surface area contributed by atoms with Crippen LogP contribution in [0, 0.1) is 0 Å². The second kappa shape index (κ2) is 7.11. The van der Waals surface area contributed by atoms with Crippen molar-refractivity contribution < 1.29 is 4.79 Å². The summed E-state index contributed by atoms with van der Waals surface area (Å²) in [6, 6.07) is 6.71. The summed E-state index contributed by atoms with van der Waals surface area (Å²) in [5.74, 6) is 0.363. The fourth-order valence-corrected chi connectivity index (χ4v) is 2.49. The van der Waals surface area contributed by atoms with Crippen LogP contribution in [-0.4, -0.2) is 17.4 Å². The lowest BCUT2D eigenvalue weighted by Gasteiger charge is -2.10. The minimum absolute atomic E-state index is 0.281. The van der Waals surface area contributed by atoms with Gasteiger partial charge in [0.25, 0.3) is 5.91 Å². The number of amides is 1. The maximum atomic E-state index is 12.2. The van der Waals surface area contributed by atoms with Gasteiger partial charge in [0.05, 0.1) is 15.7 Å². The number of hydrogen-bond acceptors (Lipinski definition) is 3. The highest BCUT2D eigenvalue weighted by Gasteiger charge is 2.13. The quantitative estimate of drug-likeness (QED) is 0.737. The Hall–Kier alpha value is -1.30. The minimum Gasteiger partial charge on any atom is -0.370 e. The standard InChI is InChI=1S/C14H12BrCl2N3O/c1-2-18-11-7-8(5-6-19-11)14(21)20-10-4-3-9(15)12(16)13(10)17/h3-7H,2H2,1H3,(H,18,19)(H,20,21). The number of hydrogen-bond donors (Lipinski definition) is 2. The maximum absolute atomic E-state index is 12.2. The minimum atomic E-state index is -0.281. The third kappa shape index (κ3) is 3.87. The molecule has 0 saturated heterocycles. The Bertz CT molecular complexity index is 679. The van der Waals surface area contributed by atoms with E-state index in [-0.39, 0.29) is 5.91 Å². The van der Waals surface area contributed by atoms with Crippen molar-refractivity contribution in [3.8, 4) is 0 Å². The maximum Gasteiger partial charge on any atom is 0.255 e. The van der Waals surface area contributed by atoms with E-state index in [1.54, 1.807) is 30.5 Å². The second-order valence-electron chi connectivity index (χ2n) is 4.14. The molecule has 0 spiro atoms. The Balaban J connectivity index is 2.22. The molecular formula is C14H12BrCl2N3O. The van der Waals surface area contributed by atoms with Gasteiger partial charge in [0.1, 0.15) is 5.82 Å². The van der Waals surface area contributed by atoms with E-state index in [0.717, 1.165) is 6.54 Å². The van der Waals surface area contributed by atoms with Crippen molar-refractivity contribution in [3.05, 3.63) is 50.5 Å². The van der Waals surface area contributed by atoms with Crippen LogP contribution in [0.1, 0.15) is 17.3 Å². The molecule has 0 unspecified atom stereocenters. The van der Waals surface area contributed by atoms with Crippen molar-refractivity contribution in [3.63, 3.8) is 0 Å². The normalized spacial score (nSPS) is 10.3. The molecule has 0 aliphatic rings. The average molecular weight is 389 g/mol. The number of carbonyl (C=O) groups excluding carboxylic acids is 1. The van der Waals surface area contributed by atoms with Gasteiger partial charge < -0.3 is 10.6 Å². The first kappa shape index (κ1) is 16.1. The van der Waals surface area contributed by atoms with Gasteiger partial charge in [-0.15, -0.1) is 0 Å². The predicted molar refractivity (Wildman–Crippen MR) is 90.5 cm³/mol. The van der Waals surface area contributed by atoms with Gasteiger partial charge in [-0.2, -0.15) is 0 Å². The third-order valence-electron chi connectivity index (χ3n) is 2.66. The predicted octanol–water partition coefficient (Wildman–Crippen LogP) is 4.84. The molecule has 1 aromatic carbocycles. The molecule has 2 rings (SSSR count). The zero-order valence-electron chi connectivity index (χ0n) is 11.1. The molecule has 0 radical (unpaired) electrons. The number of benzene rings is 1. The Kier molecular flexibility index (Phi) is 5.45. The Morgan fingerprint density at radius 1 is 1.29 bits per heavy atom. The number of carbonyl (C=O) groups is 1. The van der Waals surface area contributed by atoms with E-state index < -0.39 is 0 Å². The summed E-state index contributed by atoms with van der Waals surface area (Å²) in [5.41, 5.74) is 0.938. The summed E-state index contributed by atoms with van der Waals surface area (Å²) in [6.07, 6.45) is 1.57. The number of rotatable bonds is 4. The fourth-order valence-electron chi connectivity index (χ4n) is 1.67. The van der Waals surface area contributed by atoms with Crippen molar-refractivity contribution in [2.45, 2.75) is 6.92 Å². The molecule has 110 valence electrons. The molecule has 21 heavy (non-hydrogen) atoms. The van der Waals surface area contributed by atoms with Crippen LogP contribution in [-0.2, 0) is 0 Å². The molecule has 7 heteroatoms. The topological polar surface area (TPSA) is 54.0 Å². The smallest absolute Gasteiger partial charge is 0.255 e. The lowest BCUT2D eigenvalue weighted by Crippen LogP contribution is -2.13. The molecule has 2 N–H and O–H groups in total. The van der Waals surface area contributed by atoms with Crippen molar-refractivity contribution in [2.24, 2.45) is 0 Å². The van der Waals surface area contributed by atoms with Crippen LogP contribution >= 0.6 is 39.1 Å². The Labute approximate surface area is 141 Å². The largest absolute Gasteiger partial charge is 0.370 e. The first-order valence-corrected chi connectivity index (χ1v) is 7.72. The number of halogens is 3. The van der Waals surface area contributed by atoms with Crippen molar-refractivity contribution in [2.75, 3.05) is 17.2 Å². The van der Waals surface area contributed by atoms with E-state index in [9.17, 15) is 4.79 Å². The van der Waals surface area contributed by atoms with Crippen molar-refractivity contribution in [1.29, 1.82) is 0 Å². The van der Waals surface area contributed by atoms with E-state index in [4.69, 9.17) is 23.2 Å². The Morgan fingerprint density at radius 2 is 2.05 bits per heavy atom. The summed E-state index contributed by atoms with van der Waals surface area (Å²) in [5, 5.41) is 6.43. The van der Waals surface area contributed by atoms with Crippen LogP contribution in [0.5, 0.6) is 0 Å². The molecule has 4 nitrogen and oxygen atoms in total. The van der Waals surface area contributed by atoms with Crippen LogP contribution in [0.2, 0.25) is 10.0 Å². The van der Waals surface area contributed by atoms with Gasteiger partial charge in [-0.3, -0.25) is 4.79 Å². The number of nitrogens with one attached hydrogen (secondary N) is 2. The fraction of sp³-hybridized carbons (Fsp3) is 0.143. The monoisotopic (exact) mass is 387 g/mol. The first-order valence-electron chi connectivity index (χ1n) is 6.17. The van der Waals surface area contributed by atoms with E-state index >= 15 is 0 Å². The van der Waals surface area contributed by atoms with E-state index in [0.29, 0.717) is 31.6 Å². The van der Waals surface area contributed by atoms with Crippen LogP contribution < -0.4 is 10.6 Å². The summed E-state index contributed by atoms with van der Waals surface area (Å²) in [4.78, 5) is 16.4. The third-order valence-corrected chi connectivity index (χ3v) is 4.43. The summed E-state index contributed by atoms with van der Waals surface area (Å²) < 4.78 is 0.672. The van der Waals surface area contributed by atoms with Gasteiger partial charge in [-0.25, -0.2) is 4.98 Å². The SMILES string of the molecule is CCNc1cc(C(=O)Nc2ccc(Br)c(Cl)c2Cl)ccn1. The molecule has 2 aromatic rings. The van der Waals surface area contributed by atoms with Gasteiger partial charge in [0.2, 0.25) is 0 Å². The van der Waals surface area contributed by atoms with Crippen LogP contribution in [0.25, 0.3) is 0 Å². The second-order valence-corrected chi connectivity index (χ2v) is 5.75. The van der Waals surface area contributed by atoms with Gasteiger partial charge in [0.15, 0.2) is 0 Å². The number of nitrogens with zero attached hydrogens (tertiary/aromatic N) is 1. The Morgan fingerprint density at radius 3 is 2.76 bits per heavy atom. The number of pyridine rings is 1. The van der Waals surface area contributed by atoms with Gasteiger partial charge in [-0.05, 0) is 47.1 Å². The lowest BCUT2D eigenvalue weighted by atomic mass is 10.2. The highest BCUT2D eigenvalue weighted by atomic mass is 79.9. The number of aromatic nitrogens is 1. The lowest BCUT2D eigenvalue weighted by molar-refractivity contribution is 0.102. The number of anilines is 2. The molecule has 1 heterocycles. The van der Waals surface area contributed by atoms with Crippen LogP contribution in [0.15, 0.2) is 34.9 Å². The molecule has 0 fully saturated rings. The molecule has 1 aromatic heterocycles. The van der Waals surface area contributed by atoms with Crippen LogP contribution in [0.4, 0.5) is 11.5 Å². The highest BCUT2D eigenvalue weighted by Crippen LogP contribution is 2.35. The first-order chi connectivity index (χ1) is 10.0. The molecular weight excluding hydrogens is 377 g/mol. The zero-order valence-corrected chi connectivity index (χ0v) is 14.2. The molecule has 0 bridgehead atoms. The molecule has 1 amide bonds. The van der Waals surface area contributed by atoms with Gasteiger partial charge >= 0.3 is 0 Å². The average Bonchev–Trinajstić information content (AvgIpc) is 2.48. The summed E-state index contributed by atoms with van der Waals surface area (Å²) in [6.45, 7) is 2.68. The highest BCUT2D eigenvalue weighted by molar-refractivity contribution is 9.10. The summed E-state index contributed by atoms with van der Waals surface area (Å²) in [7, 11) is 0. The van der Waals surface area contributed by atoms with Gasteiger partial charge in [-0.1, -0.05) is 23.2 Å². The van der Waals surface area contributed by atoms with Crippen LogP contribution in [0.3, 0.4) is 0 Å². The van der Waals surface area contributed by atoms with E-state index in [1.165, 1.54) is 0 Å². The summed E-state index contributed by atoms with van der Waals surface area (Å²) >= 11 is 15.4. The van der Waals surface area contributed by atoms with Gasteiger partial charge in [0, 0.05) is 22.8 Å². The van der Waals surface area contributed by atoms with Crippen molar-refractivity contribution in [1.82, 2.24) is 4.98 Å². The van der Waals surface area contributed by atoms with E-state index in [2.05, 4.69) is 31.5 Å².